The molecule has 3 N–H and O–H groups in total. The van der Waals surface area contributed by atoms with Crippen molar-refractivity contribution in [3.05, 3.63) is 36.5 Å². The number of carbonyl (C=O) groups excluding carboxylic acids is 2. The third-order valence-corrected chi connectivity index (χ3v) is 17.6. The molecule has 0 fully saturated rings. The summed E-state index contributed by atoms with van der Waals surface area (Å²) in [6.07, 6.45) is 93.9. The van der Waals surface area contributed by atoms with E-state index >= 15 is 0 Å². The van der Waals surface area contributed by atoms with Crippen LogP contribution in [0.1, 0.15) is 418 Å². The predicted octanol–water partition coefficient (Wildman–Crippen LogP) is 24.7. The number of aliphatic hydroxyl groups excluding tert-OH is 2. The van der Waals surface area contributed by atoms with E-state index in [9.17, 15) is 19.8 Å². The van der Waals surface area contributed by atoms with Gasteiger partial charge in [0.25, 0.3) is 0 Å². The van der Waals surface area contributed by atoms with Gasteiger partial charge in [-0.25, -0.2) is 0 Å². The van der Waals surface area contributed by atoms with Gasteiger partial charge in [0.05, 0.1) is 25.4 Å². The zero-order chi connectivity index (χ0) is 59.9. The molecule has 0 aliphatic carbocycles. The van der Waals surface area contributed by atoms with E-state index in [2.05, 4.69) is 43.5 Å². The lowest BCUT2D eigenvalue weighted by Gasteiger charge is -2.20. The number of esters is 1. The molecule has 83 heavy (non-hydrogen) atoms. The molecular formula is C77H147NO5. The van der Waals surface area contributed by atoms with Crippen molar-refractivity contribution in [1.29, 1.82) is 0 Å². The van der Waals surface area contributed by atoms with Gasteiger partial charge in [-0.1, -0.05) is 359 Å². The maximum absolute atomic E-state index is 12.5. The van der Waals surface area contributed by atoms with Crippen molar-refractivity contribution in [2.75, 3.05) is 13.2 Å². The molecule has 0 saturated carbocycles. The fourth-order valence-electron chi connectivity index (χ4n) is 11.9. The minimum Gasteiger partial charge on any atom is -0.466 e. The summed E-state index contributed by atoms with van der Waals surface area (Å²) in [4.78, 5) is 24.6. The summed E-state index contributed by atoms with van der Waals surface area (Å²) < 4.78 is 5.48. The highest BCUT2D eigenvalue weighted by atomic mass is 16.5. The van der Waals surface area contributed by atoms with E-state index in [1.807, 2.05) is 6.08 Å². The average molecular weight is 1170 g/mol. The van der Waals surface area contributed by atoms with Crippen LogP contribution in [-0.2, 0) is 14.3 Å². The molecule has 2 unspecified atom stereocenters. The molecular weight excluding hydrogens is 1020 g/mol. The average Bonchev–Trinajstić information content (AvgIpc) is 3.49. The van der Waals surface area contributed by atoms with Crippen molar-refractivity contribution in [3.63, 3.8) is 0 Å². The maximum atomic E-state index is 12.5. The number of rotatable bonds is 71. The van der Waals surface area contributed by atoms with Gasteiger partial charge >= 0.3 is 5.97 Å². The van der Waals surface area contributed by atoms with Crippen LogP contribution >= 0.6 is 0 Å². The van der Waals surface area contributed by atoms with Crippen LogP contribution in [0, 0.1) is 0 Å². The van der Waals surface area contributed by atoms with Crippen LogP contribution in [0.3, 0.4) is 0 Å². The second kappa shape index (κ2) is 72.6. The highest BCUT2D eigenvalue weighted by Crippen LogP contribution is 2.19. The molecule has 0 spiro atoms. The van der Waals surface area contributed by atoms with Gasteiger partial charge in [0.2, 0.25) is 5.91 Å². The van der Waals surface area contributed by atoms with E-state index in [0.717, 1.165) is 44.9 Å². The second-order valence-electron chi connectivity index (χ2n) is 26.0. The lowest BCUT2D eigenvalue weighted by atomic mass is 10.0. The molecule has 0 bridgehead atoms. The van der Waals surface area contributed by atoms with Crippen LogP contribution in [0.25, 0.3) is 0 Å². The van der Waals surface area contributed by atoms with Crippen LogP contribution in [0.5, 0.6) is 0 Å². The largest absolute Gasteiger partial charge is 0.466 e. The summed E-state index contributed by atoms with van der Waals surface area (Å²) in [5, 5.41) is 23.3. The van der Waals surface area contributed by atoms with Gasteiger partial charge in [0.1, 0.15) is 0 Å². The first-order valence-corrected chi connectivity index (χ1v) is 37.8. The van der Waals surface area contributed by atoms with Crippen LogP contribution in [-0.4, -0.2) is 47.4 Å². The number of unbranched alkanes of at least 4 members (excludes halogenated alkanes) is 56. The van der Waals surface area contributed by atoms with Gasteiger partial charge in [0.15, 0.2) is 0 Å². The molecule has 0 aromatic rings. The van der Waals surface area contributed by atoms with Crippen LogP contribution in [0.4, 0.5) is 0 Å². The van der Waals surface area contributed by atoms with E-state index in [1.165, 1.54) is 347 Å². The van der Waals surface area contributed by atoms with Gasteiger partial charge < -0.3 is 20.3 Å². The Balaban J connectivity index is 3.39. The zero-order valence-electron chi connectivity index (χ0n) is 56.2. The third kappa shape index (κ3) is 69.1. The Morgan fingerprint density at radius 1 is 0.325 bits per heavy atom. The first-order valence-electron chi connectivity index (χ1n) is 37.8. The molecule has 0 aromatic heterocycles. The van der Waals surface area contributed by atoms with Gasteiger partial charge in [0, 0.05) is 12.8 Å². The fraction of sp³-hybridized carbons (Fsp3) is 0.896. The van der Waals surface area contributed by atoms with Gasteiger partial charge in [-0.05, 0) is 83.5 Å². The summed E-state index contributed by atoms with van der Waals surface area (Å²) >= 11 is 0. The number of hydrogen-bond acceptors (Lipinski definition) is 5. The van der Waals surface area contributed by atoms with Crippen molar-refractivity contribution in [3.8, 4) is 0 Å². The van der Waals surface area contributed by atoms with Crippen LogP contribution in [0.2, 0.25) is 0 Å². The normalized spacial score (nSPS) is 12.7. The molecule has 0 aromatic carbocycles. The number of amides is 1. The van der Waals surface area contributed by atoms with Crippen molar-refractivity contribution >= 4 is 11.9 Å². The summed E-state index contributed by atoms with van der Waals surface area (Å²) in [6, 6.07) is -0.628. The Kier molecular flexibility index (Phi) is 70.9. The summed E-state index contributed by atoms with van der Waals surface area (Å²) in [5.74, 6) is -0.0537. The van der Waals surface area contributed by atoms with E-state index in [0.29, 0.717) is 19.4 Å². The third-order valence-electron chi connectivity index (χ3n) is 17.6. The monoisotopic (exact) mass is 1170 g/mol. The van der Waals surface area contributed by atoms with Crippen LogP contribution in [0.15, 0.2) is 36.5 Å². The molecule has 2 atom stereocenters. The number of hydrogen-bond donors (Lipinski definition) is 3. The predicted molar refractivity (Wildman–Crippen MR) is 366 cm³/mol. The Hall–Kier alpha value is -1.92. The van der Waals surface area contributed by atoms with E-state index in [4.69, 9.17) is 4.74 Å². The maximum Gasteiger partial charge on any atom is 0.305 e. The van der Waals surface area contributed by atoms with Crippen molar-refractivity contribution in [2.45, 2.75) is 431 Å². The summed E-state index contributed by atoms with van der Waals surface area (Å²) in [6.45, 7) is 4.92. The topological polar surface area (TPSA) is 95.9 Å². The lowest BCUT2D eigenvalue weighted by molar-refractivity contribution is -0.143. The minimum absolute atomic E-state index is 0.00774. The molecule has 490 valence electrons. The standard InChI is InChI=1S/C77H147NO5/c1-3-5-7-9-11-13-15-17-18-19-20-21-31-34-37-40-43-46-49-53-57-61-65-69-75(80)74(73-79)78-76(81)70-66-62-58-54-50-47-44-41-38-35-32-29-27-25-23-22-24-26-28-30-33-36-39-42-45-48-52-56-60-64-68-72-83-77(82)71-67-63-59-55-51-16-14-12-10-8-6-4-2/h12,14,24,26,65,69,74-75,79-80H,3-11,13,15-23,25,27-64,66-68,70-73H2,1-2H3,(H,78,81)/b14-12-,26-24-,69-65+. The SMILES string of the molecule is CCCCC/C=C\CCCCCCCC(=O)OCCCCCCCCCCCCCC/C=C\CCCCCCCCCCCCCCCCCC(=O)NC(CO)C(O)/C=C/CCCCCCCCCCCCCCCCCCCCCCC. The smallest absolute Gasteiger partial charge is 0.305 e. The molecule has 6 heteroatoms. The van der Waals surface area contributed by atoms with Gasteiger partial charge in [-0.3, -0.25) is 9.59 Å². The van der Waals surface area contributed by atoms with Crippen molar-refractivity contribution in [1.82, 2.24) is 5.32 Å². The Morgan fingerprint density at radius 2 is 0.566 bits per heavy atom. The van der Waals surface area contributed by atoms with Gasteiger partial charge in [-0.15, -0.1) is 0 Å². The first kappa shape index (κ1) is 81.1. The molecule has 0 heterocycles. The summed E-state index contributed by atoms with van der Waals surface area (Å²) in [5.41, 5.74) is 0. The molecule has 6 nitrogen and oxygen atoms in total. The van der Waals surface area contributed by atoms with Gasteiger partial charge in [-0.2, -0.15) is 0 Å². The quantitative estimate of drug-likeness (QED) is 0.0320. The van der Waals surface area contributed by atoms with E-state index in [-0.39, 0.29) is 18.5 Å². The molecule has 0 rings (SSSR count). The number of nitrogens with one attached hydrogen (secondary N) is 1. The van der Waals surface area contributed by atoms with Crippen LogP contribution < -0.4 is 5.32 Å². The highest BCUT2D eigenvalue weighted by molar-refractivity contribution is 5.76. The Labute approximate surface area is 519 Å². The molecule has 0 radical (unpaired) electrons. The number of allylic oxidation sites excluding steroid dienone is 5. The minimum atomic E-state index is -0.845. The number of carbonyl (C=O) groups is 2. The lowest BCUT2D eigenvalue weighted by Crippen LogP contribution is -2.45. The number of ether oxygens (including phenoxy) is 1. The van der Waals surface area contributed by atoms with E-state index in [1.54, 1.807) is 6.08 Å². The Morgan fingerprint density at radius 3 is 0.880 bits per heavy atom. The molecule has 0 saturated heterocycles. The fourth-order valence-corrected chi connectivity index (χ4v) is 11.9. The number of aliphatic hydroxyl groups is 2. The van der Waals surface area contributed by atoms with E-state index < -0.39 is 12.1 Å². The summed E-state index contributed by atoms with van der Waals surface area (Å²) in [7, 11) is 0. The molecule has 0 aliphatic rings. The molecule has 0 aliphatic heterocycles. The second-order valence-corrected chi connectivity index (χ2v) is 26.0. The Bertz CT molecular complexity index is 1340. The van der Waals surface area contributed by atoms with Crippen molar-refractivity contribution in [2.24, 2.45) is 0 Å². The van der Waals surface area contributed by atoms with Crippen molar-refractivity contribution < 1.29 is 24.5 Å². The molecule has 1 amide bonds. The first-order chi connectivity index (χ1) is 41.0. The highest BCUT2D eigenvalue weighted by Gasteiger charge is 2.18. The zero-order valence-corrected chi connectivity index (χ0v) is 56.2.